The highest BCUT2D eigenvalue weighted by Crippen LogP contribution is 2.14. The van der Waals surface area contributed by atoms with Crippen LogP contribution in [0.4, 0.5) is 5.69 Å². The zero-order chi connectivity index (χ0) is 11.5. The van der Waals surface area contributed by atoms with E-state index in [1.54, 1.807) is 18.2 Å². The molecular formula is C9H13NO4S. The number of aliphatic hydroxyl groups excluding tert-OH is 1. The molecule has 0 atom stereocenters. The van der Waals surface area contributed by atoms with Crippen molar-refractivity contribution in [2.24, 2.45) is 0 Å². The molecule has 0 aliphatic heterocycles. The number of aliphatic hydroxyl groups is 1. The number of anilines is 1. The fourth-order valence-electron chi connectivity index (χ4n) is 1.27. The summed E-state index contributed by atoms with van der Waals surface area (Å²) in [5, 5.41) is 8.99. The Hall–Kier alpha value is -1.11. The lowest BCUT2D eigenvalue weighted by atomic mass is 10.1. The Morgan fingerprint density at radius 1 is 1.27 bits per heavy atom. The summed E-state index contributed by atoms with van der Waals surface area (Å²) < 4.78 is 29.7. The molecular weight excluding hydrogens is 218 g/mol. The third-order valence-corrected chi connectivity index (χ3v) is 2.75. The van der Waals surface area contributed by atoms with Gasteiger partial charge in [-0.05, 0) is 29.7 Å². The molecule has 0 fully saturated rings. The van der Waals surface area contributed by atoms with Crippen molar-refractivity contribution in [3.63, 3.8) is 0 Å². The van der Waals surface area contributed by atoms with Crippen molar-refractivity contribution >= 4 is 15.8 Å². The van der Waals surface area contributed by atoms with E-state index < -0.39 is 10.1 Å². The van der Waals surface area contributed by atoms with Crippen LogP contribution in [0.3, 0.4) is 0 Å². The topological polar surface area (TPSA) is 101 Å². The maximum Gasteiger partial charge on any atom is 0.265 e. The molecule has 0 aromatic heterocycles. The van der Waals surface area contributed by atoms with E-state index in [4.69, 9.17) is 15.4 Å². The second-order valence-electron chi connectivity index (χ2n) is 3.22. The van der Waals surface area contributed by atoms with Gasteiger partial charge >= 0.3 is 0 Å². The van der Waals surface area contributed by atoms with E-state index in [-0.39, 0.29) is 18.8 Å². The molecule has 1 aromatic rings. The second kappa shape index (κ2) is 4.61. The zero-order valence-corrected chi connectivity index (χ0v) is 8.87. The Kier molecular flexibility index (Phi) is 3.67. The molecule has 1 aromatic carbocycles. The van der Waals surface area contributed by atoms with Gasteiger partial charge in [-0.3, -0.25) is 4.55 Å². The Morgan fingerprint density at radius 2 is 1.93 bits per heavy atom. The lowest BCUT2D eigenvalue weighted by Gasteiger charge is -2.07. The number of rotatable bonds is 4. The Bertz CT molecular complexity index is 441. The maximum absolute atomic E-state index is 10.6. The number of aryl methyl sites for hydroxylation is 1. The smallest absolute Gasteiger partial charge is 0.265 e. The number of hydrogen-bond donors (Lipinski definition) is 3. The highest BCUT2D eigenvalue weighted by molar-refractivity contribution is 7.85. The molecule has 0 radical (unpaired) electrons. The van der Waals surface area contributed by atoms with Gasteiger partial charge in [0, 0.05) is 5.69 Å². The zero-order valence-electron chi connectivity index (χ0n) is 8.05. The molecule has 0 bridgehead atoms. The van der Waals surface area contributed by atoms with Crippen LogP contribution in [-0.2, 0) is 23.1 Å². The highest BCUT2D eigenvalue weighted by Gasteiger charge is 2.08. The lowest BCUT2D eigenvalue weighted by molar-refractivity contribution is 0.280. The van der Waals surface area contributed by atoms with E-state index in [1.807, 2.05) is 0 Å². The average molecular weight is 231 g/mol. The minimum absolute atomic E-state index is 0.139. The molecule has 0 heterocycles. The van der Waals surface area contributed by atoms with Gasteiger partial charge in [0.2, 0.25) is 0 Å². The number of hydrogen-bond acceptors (Lipinski definition) is 4. The quantitative estimate of drug-likeness (QED) is 0.507. The SMILES string of the molecule is Nc1ccc(CO)c(CCS(=O)(=O)O)c1. The van der Waals surface area contributed by atoms with E-state index >= 15 is 0 Å². The summed E-state index contributed by atoms with van der Waals surface area (Å²) in [5.74, 6) is -0.372. The average Bonchev–Trinajstić information content (AvgIpc) is 2.14. The first-order chi connectivity index (χ1) is 6.92. The van der Waals surface area contributed by atoms with Gasteiger partial charge in [0.15, 0.2) is 0 Å². The number of nitrogens with two attached hydrogens (primary N) is 1. The van der Waals surface area contributed by atoms with Gasteiger partial charge in [-0.2, -0.15) is 8.42 Å². The van der Waals surface area contributed by atoms with Crippen LogP contribution in [0.1, 0.15) is 11.1 Å². The fraction of sp³-hybridized carbons (Fsp3) is 0.333. The summed E-state index contributed by atoms with van der Waals surface area (Å²) in [6.45, 7) is -0.179. The number of nitrogen functional groups attached to an aromatic ring is 1. The van der Waals surface area contributed by atoms with E-state index in [0.717, 1.165) is 0 Å². The van der Waals surface area contributed by atoms with Crippen molar-refractivity contribution in [3.05, 3.63) is 29.3 Å². The van der Waals surface area contributed by atoms with Crippen molar-refractivity contribution in [1.29, 1.82) is 0 Å². The summed E-state index contributed by atoms with van der Waals surface area (Å²) in [5.41, 5.74) is 7.28. The minimum Gasteiger partial charge on any atom is -0.399 e. The molecule has 5 nitrogen and oxygen atoms in total. The standard InChI is InChI=1S/C9H13NO4S/c10-9-2-1-8(6-11)7(5-9)3-4-15(12,13)14/h1-2,5,11H,3-4,6,10H2,(H,12,13,14). The molecule has 6 heteroatoms. The third-order valence-electron chi connectivity index (χ3n) is 2.03. The van der Waals surface area contributed by atoms with Crippen LogP contribution in [0, 0.1) is 0 Å². The summed E-state index contributed by atoms with van der Waals surface area (Å²) in [4.78, 5) is 0. The molecule has 0 spiro atoms. The first-order valence-electron chi connectivity index (χ1n) is 4.35. The summed E-state index contributed by atoms with van der Waals surface area (Å²) in [7, 11) is -3.98. The Labute approximate surface area is 88.3 Å². The predicted molar refractivity (Wildman–Crippen MR) is 56.9 cm³/mol. The molecule has 0 unspecified atom stereocenters. The van der Waals surface area contributed by atoms with Crippen molar-refractivity contribution in [2.75, 3.05) is 11.5 Å². The van der Waals surface area contributed by atoms with Crippen LogP contribution in [0.5, 0.6) is 0 Å². The molecule has 15 heavy (non-hydrogen) atoms. The van der Waals surface area contributed by atoms with E-state index in [0.29, 0.717) is 16.8 Å². The van der Waals surface area contributed by atoms with Crippen molar-refractivity contribution in [1.82, 2.24) is 0 Å². The molecule has 0 saturated carbocycles. The van der Waals surface area contributed by atoms with Gasteiger partial charge in [0.05, 0.1) is 12.4 Å². The summed E-state index contributed by atoms with van der Waals surface area (Å²) in [6.07, 6.45) is 0.139. The molecule has 0 aliphatic carbocycles. The van der Waals surface area contributed by atoms with Crippen molar-refractivity contribution in [2.45, 2.75) is 13.0 Å². The molecule has 0 aliphatic rings. The van der Waals surface area contributed by atoms with Gasteiger partial charge < -0.3 is 10.8 Å². The highest BCUT2D eigenvalue weighted by atomic mass is 32.2. The van der Waals surface area contributed by atoms with Crippen molar-refractivity contribution in [3.8, 4) is 0 Å². The lowest BCUT2D eigenvalue weighted by Crippen LogP contribution is -2.08. The van der Waals surface area contributed by atoms with E-state index in [2.05, 4.69) is 0 Å². The van der Waals surface area contributed by atoms with Crippen LogP contribution < -0.4 is 5.73 Å². The summed E-state index contributed by atoms with van der Waals surface area (Å²) in [6, 6.07) is 4.86. The van der Waals surface area contributed by atoms with Gasteiger partial charge in [-0.25, -0.2) is 0 Å². The van der Waals surface area contributed by atoms with Crippen LogP contribution in [0.15, 0.2) is 18.2 Å². The van der Waals surface area contributed by atoms with Crippen LogP contribution >= 0.6 is 0 Å². The van der Waals surface area contributed by atoms with Gasteiger partial charge in [0.25, 0.3) is 10.1 Å². The van der Waals surface area contributed by atoms with Crippen molar-refractivity contribution < 1.29 is 18.1 Å². The fourth-order valence-corrected chi connectivity index (χ4v) is 1.75. The normalized spacial score (nSPS) is 11.6. The predicted octanol–water partition coefficient (Wildman–Crippen LogP) is 0.191. The largest absolute Gasteiger partial charge is 0.399 e. The second-order valence-corrected chi connectivity index (χ2v) is 4.79. The third kappa shape index (κ3) is 3.86. The Morgan fingerprint density at radius 3 is 2.47 bits per heavy atom. The monoisotopic (exact) mass is 231 g/mol. The molecule has 4 N–H and O–H groups in total. The van der Waals surface area contributed by atoms with E-state index in [9.17, 15) is 8.42 Å². The van der Waals surface area contributed by atoms with E-state index in [1.165, 1.54) is 0 Å². The minimum atomic E-state index is -3.98. The maximum atomic E-state index is 10.6. The molecule has 1 rings (SSSR count). The van der Waals surface area contributed by atoms with Gasteiger partial charge in [-0.15, -0.1) is 0 Å². The molecule has 0 amide bonds. The molecule has 84 valence electrons. The van der Waals surface area contributed by atoms with Crippen LogP contribution in [-0.4, -0.2) is 23.8 Å². The summed E-state index contributed by atoms with van der Waals surface area (Å²) >= 11 is 0. The molecule has 0 saturated heterocycles. The number of benzene rings is 1. The van der Waals surface area contributed by atoms with Crippen LogP contribution in [0.25, 0.3) is 0 Å². The Balaban J connectivity index is 2.88. The first kappa shape index (κ1) is 12.0. The van der Waals surface area contributed by atoms with Gasteiger partial charge in [0.1, 0.15) is 0 Å². The first-order valence-corrected chi connectivity index (χ1v) is 5.96. The van der Waals surface area contributed by atoms with Gasteiger partial charge in [-0.1, -0.05) is 6.07 Å². The van der Waals surface area contributed by atoms with Crippen LogP contribution in [0.2, 0.25) is 0 Å².